The second kappa shape index (κ2) is 7.18. The zero-order valence-electron chi connectivity index (χ0n) is 17.8. The van der Waals surface area contributed by atoms with Crippen LogP contribution < -0.4 is 0 Å². The summed E-state index contributed by atoms with van der Waals surface area (Å²) in [4.78, 5) is 18.9. The minimum atomic E-state index is 0.169. The fraction of sp³-hybridized carbons (Fsp3) is 0.591. The lowest BCUT2D eigenvalue weighted by Crippen LogP contribution is -2.66. The molecule has 1 spiro atoms. The zero-order valence-corrected chi connectivity index (χ0v) is 18.5. The molecular formula is C22H27ClN6O2. The molecule has 9 heteroatoms. The van der Waals surface area contributed by atoms with Gasteiger partial charge in [0.15, 0.2) is 5.82 Å². The largest absolute Gasteiger partial charge is 0.378 e. The topological polar surface area (TPSA) is 66.7 Å². The summed E-state index contributed by atoms with van der Waals surface area (Å²) in [6, 6.07) is 6.26. The minimum absolute atomic E-state index is 0.169. The van der Waals surface area contributed by atoms with Crippen molar-refractivity contribution in [3.05, 3.63) is 40.4 Å². The average molecular weight is 443 g/mol. The summed E-state index contributed by atoms with van der Waals surface area (Å²) in [6.07, 6.45) is 2.13. The maximum atomic E-state index is 12.7. The second-order valence-corrected chi connectivity index (χ2v) is 10.0. The highest BCUT2D eigenvalue weighted by Crippen LogP contribution is 2.56. The molecule has 1 aromatic carbocycles. The van der Waals surface area contributed by atoms with Crippen LogP contribution in [0.3, 0.4) is 0 Å². The molecule has 0 radical (unpaired) electrons. The number of morpholine rings is 1. The van der Waals surface area contributed by atoms with Crippen molar-refractivity contribution >= 4 is 17.6 Å². The molecule has 2 aromatic rings. The summed E-state index contributed by atoms with van der Waals surface area (Å²) in [5, 5.41) is 9.92. The molecule has 1 saturated carbocycles. The fourth-order valence-electron chi connectivity index (χ4n) is 5.73. The Balaban J connectivity index is 1.18. The van der Waals surface area contributed by atoms with Crippen LogP contribution in [0.2, 0.25) is 5.02 Å². The van der Waals surface area contributed by atoms with E-state index in [1.807, 2.05) is 15.9 Å². The monoisotopic (exact) mass is 442 g/mol. The molecule has 164 valence electrons. The number of likely N-dealkylation sites (tertiary alicyclic amines) is 1. The van der Waals surface area contributed by atoms with Crippen LogP contribution in [0.25, 0.3) is 5.69 Å². The predicted molar refractivity (Wildman–Crippen MR) is 115 cm³/mol. The van der Waals surface area contributed by atoms with Gasteiger partial charge in [0, 0.05) is 49.1 Å². The average Bonchev–Trinajstić information content (AvgIpc) is 3.03. The van der Waals surface area contributed by atoms with E-state index in [9.17, 15) is 4.79 Å². The molecular weight excluding hydrogens is 416 g/mol. The van der Waals surface area contributed by atoms with Gasteiger partial charge in [-0.05, 0) is 43.7 Å². The van der Waals surface area contributed by atoms with Crippen LogP contribution in [0, 0.1) is 5.41 Å². The molecule has 3 aliphatic heterocycles. The molecule has 4 aliphatic rings. The molecule has 0 unspecified atom stereocenters. The Morgan fingerprint density at radius 3 is 2.68 bits per heavy atom. The van der Waals surface area contributed by atoms with E-state index in [2.05, 4.69) is 38.8 Å². The molecule has 2 amide bonds. The molecule has 8 nitrogen and oxygen atoms in total. The number of aromatic nitrogens is 3. The maximum absolute atomic E-state index is 12.7. The number of amides is 2. The Hall–Kier alpha value is -2.16. The minimum Gasteiger partial charge on any atom is -0.378 e. The Labute approximate surface area is 186 Å². The van der Waals surface area contributed by atoms with Crippen LogP contribution in [-0.2, 0) is 17.8 Å². The number of rotatable bonds is 1. The van der Waals surface area contributed by atoms with E-state index in [0.29, 0.717) is 32.2 Å². The highest BCUT2D eigenvalue weighted by molar-refractivity contribution is 6.30. The van der Waals surface area contributed by atoms with Gasteiger partial charge in [-0.3, -0.25) is 9.47 Å². The van der Waals surface area contributed by atoms with Crippen LogP contribution >= 0.6 is 11.6 Å². The Kier molecular flexibility index (Phi) is 4.52. The highest BCUT2D eigenvalue weighted by Gasteiger charge is 2.55. The maximum Gasteiger partial charge on any atom is 0.320 e. The normalized spacial score (nSPS) is 23.0. The molecule has 0 atom stereocenters. The Morgan fingerprint density at radius 2 is 1.90 bits per heavy atom. The molecule has 31 heavy (non-hydrogen) atoms. The summed E-state index contributed by atoms with van der Waals surface area (Å²) < 4.78 is 7.62. The summed E-state index contributed by atoms with van der Waals surface area (Å²) in [6.45, 7) is 6.01. The molecule has 2 saturated heterocycles. The van der Waals surface area contributed by atoms with Crippen molar-refractivity contribution in [2.24, 2.45) is 5.41 Å². The van der Waals surface area contributed by atoms with Crippen molar-refractivity contribution in [2.45, 2.75) is 31.8 Å². The summed E-state index contributed by atoms with van der Waals surface area (Å²) in [5.41, 5.74) is 2.60. The third kappa shape index (κ3) is 3.23. The lowest BCUT2D eigenvalue weighted by atomic mass is 9.57. The van der Waals surface area contributed by atoms with Gasteiger partial charge in [-0.15, -0.1) is 10.2 Å². The number of halogens is 1. The van der Waals surface area contributed by atoms with Crippen molar-refractivity contribution in [3.63, 3.8) is 0 Å². The third-order valence-electron chi connectivity index (χ3n) is 7.22. The number of nitrogens with zero attached hydrogens (tertiary/aromatic N) is 6. The summed E-state index contributed by atoms with van der Waals surface area (Å²) >= 11 is 6.28. The van der Waals surface area contributed by atoms with Gasteiger partial charge < -0.3 is 14.5 Å². The Morgan fingerprint density at radius 1 is 1.13 bits per heavy atom. The molecule has 4 heterocycles. The SMILES string of the molecule is CN1Cc2cc(Cl)ccc2-n2c(nnc2C2CC3(C2)CN(C(=O)N2CCOCC2)C3)C1. The standard InChI is InChI=1S/C22H27ClN6O2/c1-26-11-15-8-17(23)2-3-18(15)29-19(12-26)24-25-20(29)16-9-22(10-16)13-28(14-22)21(30)27-4-6-31-7-5-27/h2-3,8,16H,4-7,9-14H2,1H3. The van der Waals surface area contributed by atoms with Crippen LogP contribution in [0.15, 0.2) is 18.2 Å². The first-order chi connectivity index (χ1) is 15.0. The van der Waals surface area contributed by atoms with E-state index in [1.165, 1.54) is 5.56 Å². The van der Waals surface area contributed by atoms with E-state index in [4.69, 9.17) is 16.3 Å². The van der Waals surface area contributed by atoms with E-state index in [-0.39, 0.29) is 11.4 Å². The molecule has 1 aromatic heterocycles. The van der Waals surface area contributed by atoms with Crippen LogP contribution in [0.4, 0.5) is 4.79 Å². The fourth-order valence-corrected chi connectivity index (χ4v) is 5.92. The van der Waals surface area contributed by atoms with Crippen LogP contribution in [0.5, 0.6) is 0 Å². The summed E-state index contributed by atoms with van der Waals surface area (Å²) in [5.74, 6) is 2.42. The van der Waals surface area contributed by atoms with Crippen molar-refractivity contribution in [1.82, 2.24) is 29.5 Å². The lowest BCUT2D eigenvalue weighted by molar-refractivity contribution is -0.0617. The number of benzene rings is 1. The number of hydrogen-bond acceptors (Lipinski definition) is 5. The first-order valence-corrected chi connectivity index (χ1v) is 11.4. The van der Waals surface area contributed by atoms with Gasteiger partial charge in [0.25, 0.3) is 0 Å². The van der Waals surface area contributed by atoms with Gasteiger partial charge >= 0.3 is 6.03 Å². The lowest BCUT2D eigenvalue weighted by Gasteiger charge is -2.59. The van der Waals surface area contributed by atoms with Crippen molar-refractivity contribution in [2.75, 3.05) is 46.4 Å². The van der Waals surface area contributed by atoms with Crippen molar-refractivity contribution < 1.29 is 9.53 Å². The zero-order chi connectivity index (χ0) is 21.2. The van der Waals surface area contributed by atoms with E-state index in [0.717, 1.165) is 61.4 Å². The van der Waals surface area contributed by atoms with E-state index >= 15 is 0 Å². The number of urea groups is 1. The first kappa shape index (κ1) is 19.5. The predicted octanol–water partition coefficient (Wildman–Crippen LogP) is 2.50. The Bertz CT molecular complexity index is 1020. The van der Waals surface area contributed by atoms with Gasteiger partial charge in [0.05, 0.1) is 25.4 Å². The first-order valence-electron chi connectivity index (χ1n) is 11.0. The second-order valence-electron chi connectivity index (χ2n) is 9.60. The van der Waals surface area contributed by atoms with Crippen LogP contribution in [-0.4, -0.2) is 81.9 Å². The molecule has 0 N–H and O–H groups in total. The number of ether oxygens (including phenoxy) is 1. The highest BCUT2D eigenvalue weighted by atomic mass is 35.5. The molecule has 1 aliphatic carbocycles. The quantitative estimate of drug-likeness (QED) is 0.678. The number of carbonyl (C=O) groups is 1. The van der Waals surface area contributed by atoms with Gasteiger partial charge in [0.1, 0.15) is 5.82 Å². The van der Waals surface area contributed by atoms with Crippen molar-refractivity contribution in [1.29, 1.82) is 0 Å². The van der Waals surface area contributed by atoms with Gasteiger partial charge in [0.2, 0.25) is 0 Å². The summed E-state index contributed by atoms with van der Waals surface area (Å²) in [7, 11) is 2.10. The van der Waals surface area contributed by atoms with Gasteiger partial charge in [-0.25, -0.2) is 4.79 Å². The number of fused-ring (bicyclic) bond motifs is 3. The number of hydrogen-bond donors (Lipinski definition) is 0. The molecule has 0 bridgehead atoms. The number of carbonyl (C=O) groups excluding carboxylic acids is 1. The van der Waals surface area contributed by atoms with Crippen LogP contribution in [0.1, 0.15) is 36.0 Å². The molecule has 3 fully saturated rings. The molecule has 6 rings (SSSR count). The van der Waals surface area contributed by atoms with E-state index < -0.39 is 0 Å². The van der Waals surface area contributed by atoms with Gasteiger partial charge in [-0.1, -0.05) is 11.6 Å². The van der Waals surface area contributed by atoms with Gasteiger partial charge in [-0.2, -0.15) is 0 Å². The van der Waals surface area contributed by atoms with Crippen molar-refractivity contribution in [3.8, 4) is 5.69 Å². The van der Waals surface area contributed by atoms with E-state index in [1.54, 1.807) is 0 Å². The third-order valence-corrected chi connectivity index (χ3v) is 7.45. The smallest absolute Gasteiger partial charge is 0.320 e.